The summed E-state index contributed by atoms with van der Waals surface area (Å²) in [6.45, 7) is 3.79. The second-order valence-electron chi connectivity index (χ2n) is 5.25. The molecule has 0 aromatic carbocycles. The Hall–Kier alpha value is -0.450. The second kappa shape index (κ2) is 5.94. The minimum absolute atomic E-state index is 0.360. The van der Waals surface area contributed by atoms with Crippen molar-refractivity contribution < 1.29 is 14.6 Å². The van der Waals surface area contributed by atoms with Crippen molar-refractivity contribution in [3.05, 3.63) is 0 Å². The maximum Gasteiger partial charge on any atom is 0.206 e. The summed E-state index contributed by atoms with van der Waals surface area (Å²) in [6, 6.07) is 0. The van der Waals surface area contributed by atoms with Crippen LogP contribution < -0.4 is 0 Å². The third-order valence-electron chi connectivity index (χ3n) is 4.05. The summed E-state index contributed by atoms with van der Waals surface area (Å²) >= 11 is 0. The SMILES string of the molecule is O=[C]C(CN1CCOCC1)C1(O)CCCCC1. The Morgan fingerprint density at radius 1 is 1.24 bits per heavy atom. The zero-order valence-corrected chi connectivity index (χ0v) is 10.4. The first-order chi connectivity index (χ1) is 8.24. The molecule has 97 valence electrons. The average molecular weight is 240 g/mol. The molecular formula is C13H22NO3. The summed E-state index contributed by atoms with van der Waals surface area (Å²) in [5.74, 6) is -0.360. The fraction of sp³-hybridized carbons (Fsp3) is 0.923. The van der Waals surface area contributed by atoms with Gasteiger partial charge in [0, 0.05) is 19.6 Å². The van der Waals surface area contributed by atoms with Crippen LogP contribution in [-0.2, 0) is 9.53 Å². The Morgan fingerprint density at radius 3 is 2.47 bits per heavy atom. The van der Waals surface area contributed by atoms with Gasteiger partial charge in [-0.05, 0) is 12.8 Å². The molecule has 0 amide bonds. The Kier molecular flexibility index (Phi) is 4.54. The van der Waals surface area contributed by atoms with E-state index in [9.17, 15) is 9.90 Å². The predicted octanol–water partition coefficient (Wildman–Crippen LogP) is 0.740. The first-order valence-electron chi connectivity index (χ1n) is 6.65. The van der Waals surface area contributed by atoms with Gasteiger partial charge >= 0.3 is 0 Å². The highest BCUT2D eigenvalue weighted by Crippen LogP contribution is 2.34. The highest BCUT2D eigenvalue weighted by Gasteiger charge is 2.39. The van der Waals surface area contributed by atoms with Crippen molar-refractivity contribution in [2.24, 2.45) is 5.92 Å². The minimum atomic E-state index is -0.807. The molecule has 1 atom stereocenters. The van der Waals surface area contributed by atoms with Crippen LogP contribution in [0.2, 0.25) is 0 Å². The highest BCUT2D eigenvalue weighted by molar-refractivity contribution is 5.57. The van der Waals surface area contributed by atoms with E-state index in [2.05, 4.69) is 11.2 Å². The van der Waals surface area contributed by atoms with Crippen LogP contribution in [0.1, 0.15) is 32.1 Å². The van der Waals surface area contributed by atoms with Gasteiger partial charge in [0.05, 0.1) is 24.7 Å². The van der Waals surface area contributed by atoms with Crippen molar-refractivity contribution in [1.82, 2.24) is 4.90 Å². The lowest BCUT2D eigenvalue weighted by Crippen LogP contribution is -2.49. The number of aliphatic hydroxyl groups is 1. The number of hydrogen-bond donors (Lipinski definition) is 1. The van der Waals surface area contributed by atoms with E-state index < -0.39 is 5.60 Å². The average Bonchev–Trinajstić information content (AvgIpc) is 2.38. The van der Waals surface area contributed by atoms with E-state index in [1.165, 1.54) is 6.42 Å². The Balaban J connectivity index is 1.92. The molecule has 0 aromatic heterocycles. The summed E-state index contributed by atoms with van der Waals surface area (Å²) < 4.78 is 5.28. The summed E-state index contributed by atoms with van der Waals surface area (Å²) in [5, 5.41) is 10.5. The van der Waals surface area contributed by atoms with Gasteiger partial charge < -0.3 is 9.84 Å². The van der Waals surface area contributed by atoms with Gasteiger partial charge in [-0.15, -0.1) is 0 Å². The van der Waals surface area contributed by atoms with E-state index in [1.807, 2.05) is 0 Å². The molecule has 0 aromatic rings. The van der Waals surface area contributed by atoms with Gasteiger partial charge in [0.2, 0.25) is 6.29 Å². The number of rotatable bonds is 4. The number of ether oxygens (including phenoxy) is 1. The molecule has 1 N–H and O–H groups in total. The second-order valence-corrected chi connectivity index (χ2v) is 5.25. The van der Waals surface area contributed by atoms with Gasteiger partial charge in [0.1, 0.15) is 0 Å². The van der Waals surface area contributed by atoms with E-state index >= 15 is 0 Å². The van der Waals surface area contributed by atoms with Crippen LogP contribution in [0.3, 0.4) is 0 Å². The van der Waals surface area contributed by atoms with Gasteiger partial charge in [0.15, 0.2) is 0 Å². The number of nitrogens with zero attached hydrogens (tertiary/aromatic N) is 1. The third kappa shape index (κ3) is 3.27. The normalized spacial score (nSPS) is 27.6. The van der Waals surface area contributed by atoms with Crippen LogP contribution in [0, 0.1) is 5.92 Å². The van der Waals surface area contributed by atoms with E-state index in [-0.39, 0.29) is 5.92 Å². The van der Waals surface area contributed by atoms with Crippen LogP contribution in [0.15, 0.2) is 0 Å². The fourth-order valence-corrected chi connectivity index (χ4v) is 2.87. The molecule has 1 saturated carbocycles. The van der Waals surface area contributed by atoms with E-state index in [0.717, 1.165) is 52.0 Å². The van der Waals surface area contributed by atoms with Crippen molar-refractivity contribution in [1.29, 1.82) is 0 Å². The first kappa shape index (κ1) is 13.0. The van der Waals surface area contributed by atoms with E-state index in [1.54, 1.807) is 0 Å². The van der Waals surface area contributed by atoms with Gasteiger partial charge in [-0.1, -0.05) is 19.3 Å². The standard InChI is InChI=1S/C13H22NO3/c15-11-12(10-14-6-8-17-9-7-14)13(16)4-2-1-3-5-13/h12,16H,1-10H2. The molecule has 1 saturated heterocycles. The molecule has 2 aliphatic rings. The van der Waals surface area contributed by atoms with E-state index in [0.29, 0.717) is 6.54 Å². The zero-order chi connectivity index (χ0) is 12.1. The van der Waals surface area contributed by atoms with Gasteiger partial charge in [-0.25, -0.2) is 0 Å². The van der Waals surface area contributed by atoms with Gasteiger partial charge in [-0.2, -0.15) is 0 Å². The quantitative estimate of drug-likeness (QED) is 0.787. The Morgan fingerprint density at radius 2 is 1.88 bits per heavy atom. The Labute approximate surface area is 103 Å². The van der Waals surface area contributed by atoms with E-state index in [4.69, 9.17) is 4.74 Å². The molecule has 4 nitrogen and oxygen atoms in total. The van der Waals surface area contributed by atoms with Crippen LogP contribution in [0.4, 0.5) is 0 Å². The number of carbonyl (C=O) groups excluding carboxylic acids is 1. The molecule has 1 heterocycles. The molecule has 1 unspecified atom stereocenters. The van der Waals surface area contributed by atoms with Crippen molar-refractivity contribution in [2.75, 3.05) is 32.8 Å². The van der Waals surface area contributed by atoms with Crippen LogP contribution in [0.25, 0.3) is 0 Å². The van der Waals surface area contributed by atoms with Gasteiger partial charge in [0.25, 0.3) is 0 Å². The smallest absolute Gasteiger partial charge is 0.206 e. The number of morpholine rings is 1. The molecule has 0 spiro atoms. The molecule has 2 fully saturated rings. The molecule has 1 radical (unpaired) electrons. The van der Waals surface area contributed by atoms with Crippen LogP contribution >= 0.6 is 0 Å². The predicted molar refractivity (Wildman–Crippen MR) is 64.5 cm³/mol. The third-order valence-corrected chi connectivity index (χ3v) is 4.05. The maximum atomic E-state index is 11.1. The molecule has 2 rings (SSSR count). The van der Waals surface area contributed by atoms with Crippen LogP contribution in [-0.4, -0.2) is 54.7 Å². The lowest BCUT2D eigenvalue weighted by Gasteiger charge is -2.39. The zero-order valence-electron chi connectivity index (χ0n) is 10.4. The van der Waals surface area contributed by atoms with Crippen molar-refractivity contribution >= 4 is 6.29 Å². The molecular weight excluding hydrogens is 218 g/mol. The summed E-state index contributed by atoms with van der Waals surface area (Å²) in [4.78, 5) is 13.3. The van der Waals surface area contributed by atoms with Crippen molar-refractivity contribution in [2.45, 2.75) is 37.7 Å². The summed E-state index contributed by atoms with van der Waals surface area (Å²) in [6.07, 6.45) is 6.79. The maximum absolute atomic E-state index is 11.1. The highest BCUT2D eigenvalue weighted by atomic mass is 16.5. The minimum Gasteiger partial charge on any atom is -0.389 e. The van der Waals surface area contributed by atoms with Crippen LogP contribution in [0.5, 0.6) is 0 Å². The topological polar surface area (TPSA) is 49.8 Å². The summed E-state index contributed by atoms with van der Waals surface area (Å²) in [5.41, 5.74) is -0.807. The monoisotopic (exact) mass is 240 g/mol. The van der Waals surface area contributed by atoms with Crippen molar-refractivity contribution in [3.8, 4) is 0 Å². The molecule has 1 aliphatic carbocycles. The largest absolute Gasteiger partial charge is 0.389 e. The van der Waals surface area contributed by atoms with Crippen molar-refractivity contribution in [3.63, 3.8) is 0 Å². The molecule has 17 heavy (non-hydrogen) atoms. The molecule has 4 heteroatoms. The molecule has 0 bridgehead atoms. The molecule has 1 aliphatic heterocycles. The Bertz CT molecular complexity index is 245. The number of hydrogen-bond acceptors (Lipinski definition) is 4. The summed E-state index contributed by atoms with van der Waals surface area (Å²) in [7, 11) is 0. The fourth-order valence-electron chi connectivity index (χ4n) is 2.87. The first-order valence-corrected chi connectivity index (χ1v) is 6.65. The lowest BCUT2D eigenvalue weighted by atomic mass is 9.76. The lowest BCUT2D eigenvalue weighted by molar-refractivity contribution is -0.0463. The van der Waals surface area contributed by atoms with Gasteiger partial charge in [-0.3, -0.25) is 9.69 Å².